The van der Waals surface area contributed by atoms with Crippen molar-refractivity contribution in [1.29, 1.82) is 0 Å². The minimum absolute atomic E-state index is 0.0220. The summed E-state index contributed by atoms with van der Waals surface area (Å²) in [5.41, 5.74) is 0.736. The summed E-state index contributed by atoms with van der Waals surface area (Å²) in [5, 5.41) is 10.1. The lowest BCUT2D eigenvalue weighted by atomic mass is 10.2. The molecule has 0 spiro atoms. The zero-order valence-electron chi connectivity index (χ0n) is 9.98. The van der Waals surface area contributed by atoms with Crippen LogP contribution in [0.25, 0.3) is 0 Å². The van der Waals surface area contributed by atoms with Gasteiger partial charge >= 0.3 is 0 Å². The van der Waals surface area contributed by atoms with Gasteiger partial charge in [0.1, 0.15) is 0 Å². The number of rotatable bonds is 5. The van der Waals surface area contributed by atoms with Gasteiger partial charge < -0.3 is 15.4 Å². The Morgan fingerprint density at radius 2 is 2.65 bits per heavy atom. The van der Waals surface area contributed by atoms with Crippen LogP contribution in [0.2, 0.25) is 0 Å². The van der Waals surface area contributed by atoms with Crippen LogP contribution < -0.4 is 10.6 Å². The highest BCUT2D eigenvalue weighted by atomic mass is 16.5. The fourth-order valence-corrected chi connectivity index (χ4v) is 1.87. The normalized spacial score (nSPS) is 19.5. The molecule has 1 amide bonds. The van der Waals surface area contributed by atoms with Crippen LogP contribution in [0.3, 0.4) is 0 Å². The summed E-state index contributed by atoms with van der Waals surface area (Å²) in [6.07, 6.45) is 5.43. The highest BCUT2D eigenvalue weighted by molar-refractivity contribution is 5.94. The van der Waals surface area contributed by atoms with E-state index in [1.807, 2.05) is 6.20 Å². The van der Waals surface area contributed by atoms with Crippen molar-refractivity contribution in [3.8, 4) is 0 Å². The minimum atomic E-state index is -0.0580. The predicted octanol–water partition coefficient (Wildman–Crippen LogP) is 0.220. The van der Waals surface area contributed by atoms with Gasteiger partial charge in [-0.1, -0.05) is 0 Å². The van der Waals surface area contributed by atoms with Crippen LogP contribution in [0, 0.1) is 0 Å². The molecule has 17 heavy (non-hydrogen) atoms. The number of methoxy groups -OCH3 is 1. The number of aromatic nitrogens is 2. The van der Waals surface area contributed by atoms with Gasteiger partial charge in [-0.3, -0.25) is 9.48 Å². The number of nitrogens with one attached hydrogen (secondary N) is 2. The Morgan fingerprint density at radius 3 is 3.35 bits per heavy atom. The largest absolute Gasteiger partial charge is 0.383 e. The maximum absolute atomic E-state index is 11.8. The van der Waals surface area contributed by atoms with Gasteiger partial charge in [0.25, 0.3) is 0 Å². The standard InChI is InChI=1S/C11H18N4O2/c1-17-6-5-15-8-9(7-13-15)14-11(16)10-3-2-4-12-10/h7-8,10,12H,2-6H2,1H3,(H,14,16)/t10-/m1/s1. The second-order valence-corrected chi connectivity index (χ2v) is 4.12. The van der Waals surface area contributed by atoms with Gasteiger partial charge in [-0.05, 0) is 19.4 Å². The Kier molecular flexibility index (Phi) is 4.11. The monoisotopic (exact) mass is 238 g/mol. The first-order valence-corrected chi connectivity index (χ1v) is 5.85. The van der Waals surface area contributed by atoms with Crippen molar-refractivity contribution in [2.24, 2.45) is 0 Å². The maximum Gasteiger partial charge on any atom is 0.241 e. The number of hydrogen-bond acceptors (Lipinski definition) is 4. The molecule has 1 aromatic heterocycles. The van der Waals surface area contributed by atoms with Crippen LogP contribution in [-0.4, -0.2) is 42.0 Å². The van der Waals surface area contributed by atoms with Gasteiger partial charge in [-0.25, -0.2) is 0 Å². The number of carbonyl (C=O) groups is 1. The lowest BCUT2D eigenvalue weighted by molar-refractivity contribution is -0.117. The van der Waals surface area contributed by atoms with E-state index in [2.05, 4.69) is 15.7 Å². The Balaban J connectivity index is 1.85. The number of ether oxygens (including phenoxy) is 1. The minimum Gasteiger partial charge on any atom is -0.383 e. The Labute approximate surface area is 100 Å². The molecule has 0 aliphatic carbocycles. The van der Waals surface area contributed by atoms with Crippen molar-refractivity contribution in [2.45, 2.75) is 25.4 Å². The number of carbonyl (C=O) groups excluding carboxylic acids is 1. The van der Waals surface area contributed by atoms with Gasteiger partial charge in [0, 0.05) is 13.3 Å². The van der Waals surface area contributed by atoms with E-state index in [1.54, 1.807) is 18.0 Å². The van der Waals surface area contributed by atoms with E-state index < -0.39 is 0 Å². The van der Waals surface area contributed by atoms with Crippen molar-refractivity contribution < 1.29 is 9.53 Å². The molecule has 6 heteroatoms. The molecule has 1 aliphatic rings. The van der Waals surface area contributed by atoms with E-state index in [1.165, 1.54) is 0 Å². The number of nitrogens with zero attached hydrogens (tertiary/aromatic N) is 2. The van der Waals surface area contributed by atoms with Crippen LogP contribution in [0.5, 0.6) is 0 Å². The molecule has 0 bridgehead atoms. The molecular weight excluding hydrogens is 220 g/mol. The van der Waals surface area contributed by atoms with Crippen LogP contribution in [-0.2, 0) is 16.1 Å². The second kappa shape index (κ2) is 5.79. The topological polar surface area (TPSA) is 68.2 Å². The van der Waals surface area contributed by atoms with E-state index in [4.69, 9.17) is 4.74 Å². The average Bonchev–Trinajstić information content (AvgIpc) is 2.97. The molecule has 1 atom stereocenters. The van der Waals surface area contributed by atoms with E-state index >= 15 is 0 Å². The van der Waals surface area contributed by atoms with Crippen LogP contribution in [0.15, 0.2) is 12.4 Å². The van der Waals surface area contributed by atoms with Gasteiger partial charge in [-0.15, -0.1) is 0 Å². The Bertz CT molecular complexity index is 371. The second-order valence-electron chi connectivity index (χ2n) is 4.12. The highest BCUT2D eigenvalue weighted by Gasteiger charge is 2.22. The first kappa shape index (κ1) is 12.1. The number of hydrogen-bond donors (Lipinski definition) is 2. The lowest BCUT2D eigenvalue weighted by Crippen LogP contribution is -2.35. The van der Waals surface area contributed by atoms with Gasteiger partial charge in [0.15, 0.2) is 0 Å². The smallest absolute Gasteiger partial charge is 0.241 e. The summed E-state index contributed by atoms with van der Waals surface area (Å²) in [5.74, 6) is 0.0220. The summed E-state index contributed by atoms with van der Waals surface area (Å²) >= 11 is 0. The Hall–Kier alpha value is -1.40. The summed E-state index contributed by atoms with van der Waals surface area (Å²) in [6, 6.07) is -0.0580. The van der Waals surface area contributed by atoms with Gasteiger partial charge in [-0.2, -0.15) is 5.10 Å². The van der Waals surface area contributed by atoms with Crippen molar-refractivity contribution in [2.75, 3.05) is 25.6 Å². The van der Waals surface area contributed by atoms with Crippen molar-refractivity contribution in [3.05, 3.63) is 12.4 Å². The summed E-state index contributed by atoms with van der Waals surface area (Å²) in [7, 11) is 1.65. The van der Waals surface area contributed by atoms with Crippen molar-refractivity contribution >= 4 is 11.6 Å². The predicted molar refractivity (Wildman–Crippen MR) is 63.8 cm³/mol. The molecule has 94 valence electrons. The molecule has 0 saturated carbocycles. The van der Waals surface area contributed by atoms with Gasteiger partial charge in [0.2, 0.25) is 5.91 Å². The van der Waals surface area contributed by atoms with Gasteiger partial charge in [0.05, 0.1) is 31.1 Å². The summed E-state index contributed by atoms with van der Waals surface area (Å²) < 4.78 is 6.71. The maximum atomic E-state index is 11.8. The molecule has 2 N–H and O–H groups in total. The zero-order valence-corrected chi connectivity index (χ0v) is 9.98. The Morgan fingerprint density at radius 1 is 1.76 bits per heavy atom. The fourth-order valence-electron chi connectivity index (χ4n) is 1.87. The fraction of sp³-hybridized carbons (Fsp3) is 0.636. The third kappa shape index (κ3) is 3.28. The van der Waals surface area contributed by atoms with Crippen LogP contribution in [0.4, 0.5) is 5.69 Å². The zero-order chi connectivity index (χ0) is 12.1. The molecule has 2 heterocycles. The molecular formula is C11H18N4O2. The molecule has 2 rings (SSSR count). The van der Waals surface area contributed by atoms with Crippen LogP contribution >= 0.6 is 0 Å². The third-order valence-electron chi connectivity index (χ3n) is 2.80. The van der Waals surface area contributed by atoms with E-state index in [9.17, 15) is 4.79 Å². The molecule has 0 aromatic carbocycles. The highest BCUT2D eigenvalue weighted by Crippen LogP contribution is 2.10. The molecule has 1 saturated heterocycles. The molecule has 1 aromatic rings. The average molecular weight is 238 g/mol. The van der Waals surface area contributed by atoms with E-state index in [-0.39, 0.29) is 11.9 Å². The first-order chi connectivity index (χ1) is 8.29. The molecule has 0 radical (unpaired) electrons. The summed E-state index contributed by atoms with van der Waals surface area (Å²) in [4.78, 5) is 11.8. The quantitative estimate of drug-likeness (QED) is 0.770. The molecule has 0 unspecified atom stereocenters. The van der Waals surface area contributed by atoms with Crippen molar-refractivity contribution in [3.63, 3.8) is 0 Å². The van der Waals surface area contributed by atoms with Crippen molar-refractivity contribution in [1.82, 2.24) is 15.1 Å². The number of amides is 1. The first-order valence-electron chi connectivity index (χ1n) is 5.85. The van der Waals surface area contributed by atoms with E-state index in [0.29, 0.717) is 13.2 Å². The molecule has 1 aliphatic heterocycles. The third-order valence-corrected chi connectivity index (χ3v) is 2.80. The SMILES string of the molecule is COCCn1cc(NC(=O)[C@H]2CCCN2)cn1. The molecule has 1 fully saturated rings. The lowest BCUT2D eigenvalue weighted by Gasteiger charge is -2.08. The molecule has 6 nitrogen and oxygen atoms in total. The van der Waals surface area contributed by atoms with E-state index in [0.717, 1.165) is 25.1 Å². The summed E-state index contributed by atoms with van der Waals surface area (Å²) in [6.45, 7) is 2.22. The van der Waals surface area contributed by atoms with Crippen LogP contribution in [0.1, 0.15) is 12.8 Å². The number of anilines is 1.